The van der Waals surface area contributed by atoms with Crippen LogP contribution in [0.15, 0.2) is 23.6 Å². The lowest BCUT2D eigenvalue weighted by molar-refractivity contribution is -0.118. The molecule has 0 fully saturated rings. The molecule has 1 aromatic heterocycles. The van der Waals surface area contributed by atoms with Gasteiger partial charge in [-0.2, -0.15) is 0 Å². The molecule has 2 aromatic rings. The first-order valence-corrected chi connectivity index (χ1v) is 6.37. The first-order valence-electron chi connectivity index (χ1n) is 5.49. The van der Waals surface area contributed by atoms with Crippen LogP contribution in [0.5, 0.6) is 5.75 Å². The van der Waals surface area contributed by atoms with Gasteiger partial charge in [0, 0.05) is 18.2 Å². The Hall–Kier alpha value is -1.55. The third-order valence-corrected chi connectivity index (χ3v) is 3.64. The fourth-order valence-electron chi connectivity index (χ4n) is 1.75. The van der Waals surface area contributed by atoms with Gasteiger partial charge in [-0.1, -0.05) is 0 Å². The van der Waals surface area contributed by atoms with Crippen molar-refractivity contribution < 1.29 is 9.53 Å². The number of benzene rings is 1. The topological polar surface area (TPSA) is 38.3 Å². The van der Waals surface area contributed by atoms with Crippen molar-refractivity contribution >= 4 is 27.3 Å². The number of ether oxygens (including phenoxy) is 1. The zero-order valence-corrected chi connectivity index (χ0v) is 10.8. The molecule has 0 saturated carbocycles. The highest BCUT2D eigenvalue weighted by atomic mass is 32.1. The number of carbonyl (C=O) groups is 1. The van der Waals surface area contributed by atoms with Crippen molar-refractivity contribution in [2.75, 3.05) is 13.7 Å². The van der Waals surface area contributed by atoms with Crippen molar-refractivity contribution in [1.29, 1.82) is 0 Å². The summed E-state index contributed by atoms with van der Waals surface area (Å²) in [5.41, 5.74) is 1.26. The Kier molecular flexibility index (Phi) is 3.64. The van der Waals surface area contributed by atoms with Crippen LogP contribution in [0.3, 0.4) is 0 Å². The minimum Gasteiger partial charge on any atom is -0.497 e. The summed E-state index contributed by atoms with van der Waals surface area (Å²) in [6, 6.07) is 6.09. The molecule has 0 unspecified atom stereocenters. The van der Waals surface area contributed by atoms with Gasteiger partial charge in [0.25, 0.3) is 0 Å². The minimum atomic E-state index is 0.0158. The molecule has 1 heterocycles. The summed E-state index contributed by atoms with van der Waals surface area (Å²) in [5, 5.41) is 6.18. The molecule has 0 aliphatic rings. The van der Waals surface area contributed by atoms with Crippen molar-refractivity contribution in [3.8, 4) is 5.75 Å². The molecule has 0 saturated heterocycles. The highest BCUT2D eigenvalue weighted by Gasteiger charge is 2.05. The first-order chi connectivity index (χ1) is 8.20. The Bertz CT molecular complexity index is 533. The van der Waals surface area contributed by atoms with Gasteiger partial charge in [-0.05, 0) is 40.9 Å². The molecule has 3 nitrogen and oxygen atoms in total. The fourth-order valence-corrected chi connectivity index (χ4v) is 2.73. The number of carbonyl (C=O) groups excluding carboxylic acids is 1. The van der Waals surface area contributed by atoms with E-state index in [0.717, 1.165) is 12.2 Å². The molecule has 1 N–H and O–H groups in total. The Morgan fingerprint density at radius 2 is 2.29 bits per heavy atom. The average Bonchev–Trinajstić information content (AvgIpc) is 2.71. The third kappa shape index (κ3) is 2.77. The maximum absolute atomic E-state index is 10.8. The van der Waals surface area contributed by atoms with Gasteiger partial charge >= 0.3 is 0 Å². The molecular formula is C13H15NO2S. The summed E-state index contributed by atoms with van der Waals surface area (Å²) in [6.07, 6.45) is 0.854. The fraction of sp³-hybridized carbons (Fsp3) is 0.308. The third-order valence-electron chi connectivity index (χ3n) is 2.63. The van der Waals surface area contributed by atoms with E-state index in [1.807, 2.05) is 6.07 Å². The van der Waals surface area contributed by atoms with Crippen LogP contribution in [-0.2, 0) is 11.2 Å². The first kappa shape index (κ1) is 11.9. The Balaban J connectivity index is 2.19. The van der Waals surface area contributed by atoms with Crippen LogP contribution in [0, 0.1) is 0 Å². The number of thiophene rings is 1. The van der Waals surface area contributed by atoms with Gasteiger partial charge in [0.2, 0.25) is 5.91 Å². The molecule has 1 aromatic carbocycles. The molecule has 0 atom stereocenters. The zero-order valence-electron chi connectivity index (χ0n) is 9.95. The number of hydrogen-bond donors (Lipinski definition) is 1. The number of methoxy groups -OCH3 is 1. The van der Waals surface area contributed by atoms with Crippen molar-refractivity contribution in [1.82, 2.24) is 5.32 Å². The van der Waals surface area contributed by atoms with Crippen LogP contribution in [-0.4, -0.2) is 19.6 Å². The van der Waals surface area contributed by atoms with Crippen molar-refractivity contribution in [3.05, 3.63) is 29.1 Å². The molecule has 0 spiro atoms. The van der Waals surface area contributed by atoms with Gasteiger partial charge in [0.05, 0.1) is 7.11 Å². The Morgan fingerprint density at radius 1 is 1.47 bits per heavy atom. The number of rotatable bonds is 4. The largest absolute Gasteiger partial charge is 0.497 e. The predicted octanol–water partition coefficient (Wildman–Crippen LogP) is 2.59. The smallest absolute Gasteiger partial charge is 0.216 e. The van der Waals surface area contributed by atoms with E-state index in [2.05, 4.69) is 22.8 Å². The summed E-state index contributed by atoms with van der Waals surface area (Å²) in [7, 11) is 1.67. The van der Waals surface area contributed by atoms with Crippen molar-refractivity contribution in [2.45, 2.75) is 13.3 Å². The van der Waals surface area contributed by atoms with Crippen LogP contribution < -0.4 is 10.1 Å². The predicted molar refractivity (Wildman–Crippen MR) is 70.8 cm³/mol. The Labute approximate surface area is 104 Å². The summed E-state index contributed by atoms with van der Waals surface area (Å²) < 4.78 is 6.48. The average molecular weight is 249 g/mol. The minimum absolute atomic E-state index is 0.0158. The van der Waals surface area contributed by atoms with Gasteiger partial charge in [0.15, 0.2) is 0 Å². The van der Waals surface area contributed by atoms with Crippen LogP contribution in [0.1, 0.15) is 12.5 Å². The summed E-state index contributed by atoms with van der Waals surface area (Å²) in [6.45, 7) is 2.22. The summed E-state index contributed by atoms with van der Waals surface area (Å²) in [4.78, 5) is 10.8. The van der Waals surface area contributed by atoms with Gasteiger partial charge in [0.1, 0.15) is 5.75 Å². The lowest BCUT2D eigenvalue weighted by Crippen LogP contribution is -2.22. The second kappa shape index (κ2) is 5.19. The van der Waals surface area contributed by atoms with E-state index in [0.29, 0.717) is 6.54 Å². The van der Waals surface area contributed by atoms with Crippen molar-refractivity contribution in [3.63, 3.8) is 0 Å². The zero-order chi connectivity index (χ0) is 12.3. The molecule has 0 bridgehead atoms. The molecule has 0 radical (unpaired) electrons. The normalized spacial score (nSPS) is 10.5. The van der Waals surface area contributed by atoms with E-state index in [-0.39, 0.29) is 5.91 Å². The number of amides is 1. The van der Waals surface area contributed by atoms with E-state index >= 15 is 0 Å². The number of nitrogens with one attached hydrogen (secondary N) is 1. The van der Waals surface area contributed by atoms with Crippen LogP contribution >= 0.6 is 11.3 Å². The highest BCUT2D eigenvalue weighted by molar-refractivity contribution is 7.17. The number of hydrogen-bond acceptors (Lipinski definition) is 3. The van der Waals surface area contributed by atoms with Crippen LogP contribution in [0.4, 0.5) is 0 Å². The van der Waals surface area contributed by atoms with Gasteiger partial charge in [-0.15, -0.1) is 11.3 Å². The monoisotopic (exact) mass is 249 g/mol. The second-order valence-electron chi connectivity index (χ2n) is 3.86. The number of fused-ring (bicyclic) bond motifs is 1. The standard InChI is InChI=1S/C13H15NO2S/c1-9(15)14-6-5-10-8-17-13-4-3-11(16-2)7-12(10)13/h3-4,7-8H,5-6H2,1-2H3,(H,14,15). The SMILES string of the molecule is COc1ccc2scc(CCNC(C)=O)c2c1. The maximum atomic E-state index is 10.8. The van der Waals surface area contributed by atoms with Crippen LogP contribution in [0.25, 0.3) is 10.1 Å². The van der Waals surface area contributed by atoms with Gasteiger partial charge in [-0.25, -0.2) is 0 Å². The van der Waals surface area contributed by atoms with E-state index in [4.69, 9.17) is 4.74 Å². The van der Waals surface area contributed by atoms with E-state index in [1.54, 1.807) is 18.4 Å². The van der Waals surface area contributed by atoms with E-state index < -0.39 is 0 Å². The molecule has 1 amide bonds. The van der Waals surface area contributed by atoms with Crippen molar-refractivity contribution in [2.24, 2.45) is 0 Å². The maximum Gasteiger partial charge on any atom is 0.216 e. The lowest BCUT2D eigenvalue weighted by atomic mass is 10.1. The molecular weight excluding hydrogens is 234 g/mol. The molecule has 4 heteroatoms. The molecule has 0 aliphatic carbocycles. The van der Waals surface area contributed by atoms with Gasteiger partial charge < -0.3 is 10.1 Å². The van der Waals surface area contributed by atoms with E-state index in [9.17, 15) is 4.79 Å². The quantitative estimate of drug-likeness (QED) is 0.904. The highest BCUT2D eigenvalue weighted by Crippen LogP contribution is 2.29. The molecule has 17 heavy (non-hydrogen) atoms. The lowest BCUT2D eigenvalue weighted by Gasteiger charge is -2.03. The van der Waals surface area contributed by atoms with Crippen LogP contribution in [0.2, 0.25) is 0 Å². The summed E-state index contributed by atoms with van der Waals surface area (Å²) in [5.74, 6) is 0.888. The second-order valence-corrected chi connectivity index (χ2v) is 4.77. The summed E-state index contributed by atoms with van der Waals surface area (Å²) >= 11 is 1.72. The Morgan fingerprint density at radius 3 is 3.00 bits per heavy atom. The van der Waals surface area contributed by atoms with Gasteiger partial charge in [-0.3, -0.25) is 4.79 Å². The molecule has 2 rings (SSSR count). The van der Waals surface area contributed by atoms with E-state index in [1.165, 1.54) is 22.6 Å². The molecule has 0 aliphatic heterocycles. The molecule has 90 valence electrons.